The molecule has 14 nitrogen and oxygen atoms in total. The van der Waals surface area contributed by atoms with Gasteiger partial charge in [0.1, 0.15) is 53.2 Å². The van der Waals surface area contributed by atoms with Gasteiger partial charge in [-0.05, 0) is 117 Å². The quantitative estimate of drug-likeness (QED) is 0.0355. The normalized spacial score (nSPS) is 15.7. The summed E-state index contributed by atoms with van der Waals surface area (Å²) in [5, 5.41) is 27.3. The van der Waals surface area contributed by atoms with Gasteiger partial charge in [0.2, 0.25) is 23.5 Å². The number of nitrogens with one attached hydrogen (secondary N) is 2. The molecule has 382 valence electrons. The third kappa shape index (κ3) is 13.8. The van der Waals surface area contributed by atoms with Crippen molar-refractivity contribution in [1.82, 2.24) is 25.4 Å². The van der Waals surface area contributed by atoms with Crippen molar-refractivity contribution in [3.8, 4) is 33.4 Å². The average Bonchev–Trinajstić information content (AvgIpc) is 4.08. The number of hydrogen-bond acceptors (Lipinski definition) is 13. The SMILES string of the molecule is CCN(CCCCCOCC(=O)NC(C(=O)N1CC(O)CC1C(=O)N[C@@H](C)c1ccc(-c2scnc2C)cc1)C(C)(C)C)CCOc1ccc(Oc2c(C(=O)c3cccc(F)c3)sc3cc(O)ccc23)cc1. The number of unbranched alkanes of at least 4 members (excludes halogenated alkanes) is 2. The van der Waals surface area contributed by atoms with Crippen LogP contribution in [-0.4, -0.2) is 113 Å². The van der Waals surface area contributed by atoms with E-state index >= 15 is 0 Å². The second-order valence-corrected chi connectivity index (χ2v) is 21.0. The maximum absolute atomic E-state index is 14.1. The van der Waals surface area contributed by atoms with Gasteiger partial charge in [-0.15, -0.1) is 22.7 Å². The zero-order chi connectivity index (χ0) is 51.5. The van der Waals surface area contributed by atoms with Crippen LogP contribution >= 0.6 is 22.7 Å². The summed E-state index contributed by atoms with van der Waals surface area (Å²) in [6.07, 6.45) is 1.77. The number of ether oxygens (including phenoxy) is 3. The number of hydrogen-bond donors (Lipinski definition) is 4. The van der Waals surface area contributed by atoms with Crippen LogP contribution in [0.4, 0.5) is 4.39 Å². The summed E-state index contributed by atoms with van der Waals surface area (Å²) in [5.41, 5.74) is 4.22. The zero-order valence-corrected chi connectivity index (χ0v) is 43.2. The Morgan fingerprint density at radius 3 is 2.38 bits per heavy atom. The smallest absolute Gasteiger partial charge is 0.246 e. The van der Waals surface area contributed by atoms with E-state index in [9.17, 15) is 33.8 Å². The lowest BCUT2D eigenvalue weighted by Gasteiger charge is -2.35. The number of benzene rings is 4. The van der Waals surface area contributed by atoms with E-state index in [1.807, 2.05) is 64.4 Å². The number of amides is 3. The minimum atomic E-state index is -0.955. The summed E-state index contributed by atoms with van der Waals surface area (Å²) in [6, 6.07) is 23.1. The molecule has 4 N–H and O–H groups in total. The molecule has 1 fully saturated rings. The lowest BCUT2D eigenvalue weighted by molar-refractivity contribution is -0.144. The fraction of sp³-hybridized carbons (Fsp3) is 0.400. The van der Waals surface area contributed by atoms with Crippen LogP contribution in [-0.2, 0) is 19.1 Å². The van der Waals surface area contributed by atoms with Crippen LogP contribution in [0.2, 0.25) is 0 Å². The van der Waals surface area contributed by atoms with Gasteiger partial charge in [0.15, 0.2) is 5.75 Å². The molecular formula is C55H64FN5O9S2. The lowest BCUT2D eigenvalue weighted by Crippen LogP contribution is -2.58. The van der Waals surface area contributed by atoms with Gasteiger partial charge in [0, 0.05) is 41.8 Å². The first kappa shape index (κ1) is 53.6. The number of rotatable bonds is 23. The van der Waals surface area contributed by atoms with Gasteiger partial charge in [-0.1, -0.05) is 64.1 Å². The monoisotopic (exact) mass is 1020 g/mol. The van der Waals surface area contributed by atoms with Gasteiger partial charge in [-0.2, -0.15) is 0 Å². The second-order valence-electron chi connectivity index (χ2n) is 19.1. The van der Waals surface area contributed by atoms with E-state index in [-0.39, 0.29) is 48.6 Å². The molecule has 0 aliphatic carbocycles. The van der Waals surface area contributed by atoms with Gasteiger partial charge in [0.25, 0.3) is 0 Å². The fourth-order valence-electron chi connectivity index (χ4n) is 8.61. The number of carbonyl (C=O) groups is 4. The molecule has 0 saturated carbocycles. The average molecular weight is 1020 g/mol. The molecule has 3 heterocycles. The van der Waals surface area contributed by atoms with Crippen LogP contribution < -0.4 is 20.1 Å². The number of aromatic nitrogens is 1. The van der Waals surface area contributed by atoms with Gasteiger partial charge in [0.05, 0.1) is 28.2 Å². The number of carbonyl (C=O) groups excluding carboxylic acids is 4. The van der Waals surface area contributed by atoms with Crippen LogP contribution in [0.1, 0.15) is 92.8 Å². The van der Waals surface area contributed by atoms with Gasteiger partial charge in [-0.3, -0.25) is 19.2 Å². The maximum atomic E-state index is 14.1. The van der Waals surface area contributed by atoms with Crippen molar-refractivity contribution in [3.63, 3.8) is 0 Å². The molecule has 3 unspecified atom stereocenters. The van der Waals surface area contributed by atoms with Crippen LogP contribution in [0.25, 0.3) is 20.5 Å². The summed E-state index contributed by atoms with van der Waals surface area (Å²) < 4.78 is 32.7. The number of aliphatic hydroxyl groups is 1. The maximum Gasteiger partial charge on any atom is 0.246 e. The second kappa shape index (κ2) is 24.5. The van der Waals surface area contributed by atoms with Crippen LogP contribution in [0, 0.1) is 18.2 Å². The van der Waals surface area contributed by atoms with E-state index in [2.05, 4.69) is 27.4 Å². The predicted octanol–water partition coefficient (Wildman–Crippen LogP) is 9.46. The highest BCUT2D eigenvalue weighted by Gasteiger charge is 2.44. The van der Waals surface area contributed by atoms with Crippen molar-refractivity contribution in [2.75, 3.05) is 46.0 Å². The number of thiazole rings is 1. The number of β-amino-alcohol motifs (C(OH)–C–C–N with tert-alkyl or cyclic N) is 1. The fourth-order valence-corrected chi connectivity index (χ4v) is 10.6. The molecule has 2 aromatic heterocycles. The molecule has 0 spiro atoms. The molecule has 7 rings (SSSR count). The number of fused-ring (bicyclic) bond motifs is 1. The van der Waals surface area contributed by atoms with Crippen molar-refractivity contribution < 1.29 is 48.0 Å². The number of halogens is 1. The zero-order valence-electron chi connectivity index (χ0n) is 41.6. The first-order valence-electron chi connectivity index (χ1n) is 24.3. The van der Waals surface area contributed by atoms with E-state index in [1.165, 1.54) is 40.5 Å². The highest BCUT2D eigenvalue weighted by atomic mass is 32.1. The Morgan fingerprint density at radius 2 is 1.68 bits per heavy atom. The number of phenolic OH excluding ortho intramolecular Hbond substituents is 1. The molecule has 17 heteroatoms. The molecule has 6 aromatic rings. The Bertz CT molecular complexity index is 2810. The number of ketones is 1. The molecule has 1 aliphatic rings. The topological polar surface area (TPSA) is 180 Å². The van der Waals surface area contributed by atoms with E-state index in [0.717, 1.165) is 54.0 Å². The Labute approximate surface area is 428 Å². The molecular weight excluding hydrogens is 958 g/mol. The summed E-state index contributed by atoms with van der Waals surface area (Å²) >= 11 is 2.74. The third-order valence-electron chi connectivity index (χ3n) is 12.6. The number of thiophene rings is 1. The van der Waals surface area contributed by atoms with Gasteiger partial charge in [-0.25, -0.2) is 9.37 Å². The number of aliphatic hydroxyl groups excluding tert-OH is 1. The Balaban J connectivity index is 0.808. The van der Waals surface area contributed by atoms with Crippen molar-refractivity contribution in [2.24, 2.45) is 5.41 Å². The van der Waals surface area contributed by atoms with Crippen molar-refractivity contribution in [3.05, 3.63) is 124 Å². The number of likely N-dealkylation sites (N-methyl/N-ethyl adjacent to an activating group) is 1. The van der Waals surface area contributed by atoms with Crippen LogP contribution in [0.5, 0.6) is 23.0 Å². The van der Waals surface area contributed by atoms with Crippen molar-refractivity contribution >= 4 is 56.3 Å². The summed E-state index contributed by atoms with van der Waals surface area (Å²) in [6.45, 7) is 14.5. The van der Waals surface area contributed by atoms with Crippen LogP contribution in [0.15, 0.2) is 96.5 Å². The summed E-state index contributed by atoms with van der Waals surface area (Å²) in [7, 11) is 0. The Hall–Kier alpha value is -6.24. The third-order valence-corrected chi connectivity index (χ3v) is 14.8. The first-order valence-corrected chi connectivity index (χ1v) is 26.0. The number of aryl methyl sites for hydroxylation is 1. The molecule has 4 aromatic carbocycles. The van der Waals surface area contributed by atoms with Gasteiger partial charge < -0.3 is 44.9 Å². The molecule has 0 radical (unpaired) electrons. The number of aromatic hydroxyl groups is 1. The number of nitrogens with zero attached hydrogens (tertiary/aromatic N) is 3. The largest absolute Gasteiger partial charge is 0.508 e. The molecule has 72 heavy (non-hydrogen) atoms. The highest BCUT2D eigenvalue weighted by molar-refractivity contribution is 7.21. The van der Waals surface area contributed by atoms with Crippen LogP contribution in [0.3, 0.4) is 0 Å². The lowest BCUT2D eigenvalue weighted by atomic mass is 9.85. The van der Waals surface area contributed by atoms with E-state index in [1.54, 1.807) is 53.8 Å². The van der Waals surface area contributed by atoms with Gasteiger partial charge >= 0.3 is 0 Å². The van der Waals surface area contributed by atoms with E-state index in [4.69, 9.17) is 14.2 Å². The number of phenols is 1. The first-order chi connectivity index (χ1) is 34.5. The van der Waals surface area contributed by atoms with Crippen molar-refractivity contribution in [2.45, 2.75) is 91.5 Å². The molecule has 0 bridgehead atoms. The Morgan fingerprint density at radius 1 is 0.931 bits per heavy atom. The van der Waals surface area contributed by atoms with E-state index in [0.29, 0.717) is 52.0 Å². The van der Waals surface area contributed by atoms with Crippen molar-refractivity contribution in [1.29, 1.82) is 0 Å². The Kier molecular flexibility index (Phi) is 18.2. The molecule has 1 saturated heterocycles. The predicted molar refractivity (Wildman–Crippen MR) is 278 cm³/mol. The minimum absolute atomic E-state index is 0.0160. The highest BCUT2D eigenvalue weighted by Crippen LogP contribution is 2.43. The molecule has 4 atom stereocenters. The molecule has 3 amide bonds. The standard InChI is InChI=1S/C55H64FN5O9S2/c1-7-60(25-27-69-42-19-21-43(22-20-42)70-49-44-23-18-40(62)30-46(44)72-51(49)48(65)38-12-11-13-39(56)28-38)24-9-8-10-26-68-32-47(64)59-52(55(4,5)6)54(67)61-31-41(63)29-45(61)53(66)58-34(2)36-14-16-37(17-15-36)50-35(3)57-33-71-50/h11-23,28,30,33-34,41,45,52,62-63H,7-10,24-27,29,31-32H2,1-6H3,(H,58,66)(H,59,64)/t34-,41?,45?,52?/m0/s1. The minimum Gasteiger partial charge on any atom is -0.508 e. The number of likely N-dealkylation sites (tertiary alicyclic amines) is 1. The summed E-state index contributed by atoms with van der Waals surface area (Å²) in [5.74, 6) is -0.606. The molecule has 1 aliphatic heterocycles. The van der Waals surface area contributed by atoms with E-state index < -0.39 is 41.2 Å². The summed E-state index contributed by atoms with van der Waals surface area (Å²) in [4.78, 5) is 63.8.